The van der Waals surface area contributed by atoms with Gasteiger partial charge >= 0.3 is 11.9 Å². The molecule has 0 aromatic heterocycles. The summed E-state index contributed by atoms with van der Waals surface area (Å²) in [5, 5.41) is 0. The molecule has 2 heterocycles. The Hall–Kier alpha value is -0.440. The summed E-state index contributed by atoms with van der Waals surface area (Å²) < 4.78 is 12.1. The summed E-state index contributed by atoms with van der Waals surface area (Å²) in [5.74, 6) is -0.943. The Balaban J connectivity index is 1.88. The van der Waals surface area contributed by atoms with E-state index in [0.29, 0.717) is 9.81 Å². The van der Waals surface area contributed by atoms with Crippen molar-refractivity contribution in [2.75, 3.05) is 14.2 Å². The summed E-state index contributed by atoms with van der Waals surface area (Å²) >= 11 is 6.47. The molecule has 0 unspecified atom stereocenters. The van der Waals surface area contributed by atoms with E-state index in [1.54, 1.807) is 0 Å². The maximum atomic E-state index is 12.4. The molecule has 0 aromatic rings. The number of ether oxygens (including phenoxy) is 2. The highest BCUT2D eigenvalue weighted by Gasteiger charge is 2.36. The molecule has 0 aromatic carbocycles. The second kappa shape index (κ2) is 23.9. The molecule has 42 heavy (non-hydrogen) atoms. The standard InChI is InChI=1S/C34H56O4S4/c1-5-7-9-11-13-15-17-19-21-23-25-27-28(26-24-22-20-18-16-14-12-10-8-6-2)40-33(39-27)34-41-29(31(35)37-3)30(42-34)32(36)38-4/h5-26H2,1-4H3. The highest BCUT2D eigenvalue weighted by Crippen LogP contribution is 2.61. The van der Waals surface area contributed by atoms with Gasteiger partial charge < -0.3 is 9.47 Å². The zero-order chi connectivity index (χ0) is 30.4. The number of thioether (sulfide) groups is 4. The van der Waals surface area contributed by atoms with E-state index in [1.165, 1.54) is 180 Å². The third kappa shape index (κ3) is 14.6. The Bertz CT molecular complexity index is 841. The van der Waals surface area contributed by atoms with E-state index in [4.69, 9.17) is 9.47 Å². The van der Waals surface area contributed by atoms with Crippen molar-refractivity contribution in [2.24, 2.45) is 0 Å². The van der Waals surface area contributed by atoms with Crippen LogP contribution in [0, 0.1) is 0 Å². The summed E-state index contributed by atoms with van der Waals surface area (Å²) in [4.78, 5) is 28.5. The minimum atomic E-state index is -0.472. The summed E-state index contributed by atoms with van der Waals surface area (Å²) in [5.41, 5.74) is 0. The maximum Gasteiger partial charge on any atom is 0.346 e. The van der Waals surface area contributed by atoms with Crippen LogP contribution in [0.1, 0.15) is 155 Å². The van der Waals surface area contributed by atoms with Crippen LogP contribution >= 0.6 is 47.0 Å². The van der Waals surface area contributed by atoms with Crippen LogP contribution in [-0.4, -0.2) is 26.2 Å². The van der Waals surface area contributed by atoms with Gasteiger partial charge in [0.1, 0.15) is 9.81 Å². The lowest BCUT2D eigenvalue weighted by Crippen LogP contribution is -2.08. The first-order valence-electron chi connectivity index (χ1n) is 16.6. The van der Waals surface area contributed by atoms with Crippen LogP contribution in [0.2, 0.25) is 0 Å². The molecule has 4 nitrogen and oxygen atoms in total. The van der Waals surface area contributed by atoms with Crippen molar-refractivity contribution in [1.29, 1.82) is 0 Å². The van der Waals surface area contributed by atoms with Gasteiger partial charge in [0.15, 0.2) is 0 Å². The van der Waals surface area contributed by atoms with E-state index < -0.39 is 11.9 Å². The SMILES string of the molecule is CCCCCCCCCCCCC1=C(CCCCCCCCCCCC)SC(=C2SC(C(=O)OC)=C(C(=O)OC)S2)S1. The van der Waals surface area contributed by atoms with Crippen LogP contribution in [0.5, 0.6) is 0 Å². The zero-order valence-corrected chi connectivity index (χ0v) is 30.1. The number of unbranched alkanes of at least 4 members (excludes halogenated alkanes) is 18. The van der Waals surface area contributed by atoms with E-state index in [2.05, 4.69) is 13.8 Å². The molecule has 0 fully saturated rings. The highest BCUT2D eigenvalue weighted by atomic mass is 32.2. The van der Waals surface area contributed by atoms with E-state index in [0.717, 1.165) is 17.1 Å². The first kappa shape index (κ1) is 37.7. The van der Waals surface area contributed by atoms with E-state index in [9.17, 15) is 9.59 Å². The first-order valence-corrected chi connectivity index (χ1v) is 19.9. The van der Waals surface area contributed by atoms with Gasteiger partial charge in [0.2, 0.25) is 0 Å². The second-order valence-corrected chi connectivity index (χ2v) is 16.1. The van der Waals surface area contributed by atoms with Gasteiger partial charge in [-0.2, -0.15) is 0 Å². The molecule has 0 atom stereocenters. The Morgan fingerprint density at radius 1 is 0.452 bits per heavy atom. The van der Waals surface area contributed by atoms with Gasteiger partial charge in [0.05, 0.1) is 22.7 Å². The van der Waals surface area contributed by atoms with Crippen LogP contribution in [-0.2, 0) is 19.1 Å². The molecule has 0 radical (unpaired) electrons. The predicted octanol–water partition coefficient (Wildman–Crippen LogP) is 12.5. The molecule has 2 rings (SSSR count). The fraction of sp³-hybridized carbons (Fsp3) is 0.765. The number of esters is 2. The number of hydrogen-bond donors (Lipinski definition) is 0. The number of methoxy groups -OCH3 is 2. The van der Waals surface area contributed by atoms with Crippen molar-refractivity contribution >= 4 is 59.0 Å². The molecule has 240 valence electrons. The topological polar surface area (TPSA) is 52.6 Å². The molecule has 0 saturated carbocycles. The van der Waals surface area contributed by atoms with Crippen LogP contribution < -0.4 is 0 Å². The van der Waals surface area contributed by atoms with E-state index in [-0.39, 0.29) is 0 Å². The van der Waals surface area contributed by atoms with Crippen molar-refractivity contribution < 1.29 is 19.1 Å². The van der Waals surface area contributed by atoms with Gasteiger partial charge in [-0.1, -0.05) is 176 Å². The summed E-state index contributed by atoms with van der Waals surface area (Å²) in [6.07, 6.45) is 29.3. The van der Waals surface area contributed by atoms with Crippen molar-refractivity contribution in [2.45, 2.75) is 155 Å². The summed E-state index contributed by atoms with van der Waals surface area (Å²) in [7, 11) is 2.72. The normalized spacial score (nSPS) is 15.3. The van der Waals surface area contributed by atoms with Crippen LogP contribution in [0.4, 0.5) is 0 Å². The average molecular weight is 657 g/mol. The second-order valence-electron chi connectivity index (χ2n) is 11.3. The lowest BCUT2D eigenvalue weighted by molar-refractivity contribution is -0.138. The number of rotatable bonds is 24. The molecule has 0 N–H and O–H groups in total. The number of hydrogen-bond acceptors (Lipinski definition) is 8. The van der Waals surface area contributed by atoms with Crippen molar-refractivity contribution in [3.05, 3.63) is 28.1 Å². The summed E-state index contributed by atoms with van der Waals surface area (Å²) in [6, 6.07) is 0. The fourth-order valence-electron chi connectivity index (χ4n) is 5.21. The Labute approximate surface area is 274 Å². The molecule has 2 aliphatic rings. The number of carbonyl (C=O) groups excluding carboxylic acids is 2. The number of allylic oxidation sites excluding steroid dienone is 2. The van der Waals surface area contributed by atoms with Crippen molar-refractivity contribution in [3.63, 3.8) is 0 Å². The van der Waals surface area contributed by atoms with Gasteiger partial charge in [-0.05, 0) is 25.7 Å². The highest BCUT2D eigenvalue weighted by molar-refractivity contribution is 8.34. The molecule has 0 saturated heterocycles. The van der Waals surface area contributed by atoms with Gasteiger partial charge in [-0.25, -0.2) is 9.59 Å². The fourth-order valence-corrected chi connectivity index (χ4v) is 10.9. The monoisotopic (exact) mass is 656 g/mol. The lowest BCUT2D eigenvalue weighted by atomic mass is 10.0. The van der Waals surface area contributed by atoms with Crippen molar-refractivity contribution in [1.82, 2.24) is 0 Å². The molecular formula is C34H56O4S4. The minimum absolute atomic E-state index is 0.345. The Morgan fingerprint density at radius 3 is 1.05 bits per heavy atom. The Morgan fingerprint density at radius 2 is 0.738 bits per heavy atom. The van der Waals surface area contributed by atoms with Gasteiger partial charge in [-0.3, -0.25) is 0 Å². The molecule has 0 amide bonds. The number of carbonyl (C=O) groups is 2. The van der Waals surface area contributed by atoms with Crippen molar-refractivity contribution in [3.8, 4) is 0 Å². The van der Waals surface area contributed by atoms with Crippen LogP contribution in [0.25, 0.3) is 0 Å². The van der Waals surface area contributed by atoms with Crippen LogP contribution in [0.15, 0.2) is 28.1 Å². The van der Waals surface area contributed by atoms with E-state index in [1.807, 2.05) is 23.5 Å². The smallest absolute Gasteiger partial charge is 0.346 e. The molecule has 8 heteroatoms. The molecule has 0 spiro atoms. The van der Waals surface area contributed by atoms with Gasteiger partial charge in [0.25, 0.3) is 0 Å². The largest absolute Gasteiger partial charge is 0.465 e. The van der Waals surface area contributed by atoms with Gasteiger partial charge in [-0.15, -0.1) is 0 Å². The van der Waals surface area contributed by atoms with Gasteiger partial charge in [0, 0.05) is 9.81 Å². The molecular weight excluding hydrogens is 601 g/mol. The van der Waals surface area contributed by atoms with E-state index >= 15 is 0 Å². The average Bonchev–Trinajstić information content (AvgIpc) is 3.63. The molecule has 0 bridgehead atoms. The third-order valence-electron chi connectivity index (χ3n) is 7.76. The third-order valence-corrected chi connectivity index (χ3v) is 13.6. The lowest BCUT2D eigenvalue weighted by Gasteiger charge is -2.06. The molecule has 2 aliphatic heterocycles. The first-order chi connectivity index (χ1) is 20.5. The zero-order valence-electron chi connectivity index (χ0n) is 26.8. The molecule has 0 aliphatic carbocycles. The predicted molar refractivity (Wildman–Crippen MR) is 188 cm³/mol. The minimum Gasteiger partial charge on any atom is -0.465 e. The Kier molecular flexibility index (Phi) is 21.5. The summed E-state index contributed by atoms with van der Waals surface area (Å²) in [6.45, 7) is 4.56. The van der Waals surface area contributed by atoms with Crippen LogP contribution in [0.3, 0.4) is 0 Å². The maximum absolute atomic E-state index is 12.4. The quantitative estimate of drug-likeness (QED) is 0.0751.